The van der Waals surface area contributed by atoms with Crippen LogP contribution in [-0.2, 0) is 4.43 Å². The fourth-order valence-corrected chi connectivity index (χ4v) is 11.6. The van der Waals surface area contributed by atoms with Crippen LogP contribution >= 0.6 is 0 Å². The second-order valence-electron chi connectivity index (χ2n) is 15.8. The number of rotatable bonds is 7. The van der Waals surface area contributed by atoms with E-state index in [-0.39, 0.29) is 11.1 Å². The van der Waals surface area contributed by atoms with Gasteiger partial charge in [-0.25, -0.2) is 0 Å². The van der Waals surface area contributed by atoms with Gasteiger partial charge in [-0.3, -0.25) is 0 Å². The highest BCUT2D eigenvalue weighted by molar-refractivity contribution is 6.74. The van der Waals surface area contributed by atoms with Crippen LogP contribution in [0.5, 0.6) is 0 Å². The maximum Gasteiger partial charge on any atom is 0.192 e. The smallest absolute Gasteiger partial charge is 0.192 e. The zero-order chi connectivity index (χ0) is 26.7. The van der Waals surface area contributed by atoms with Crippen molar-refractivity contribution in [1.29, 1.82) is 0 Å². The van der Waals surface area contributed by atoms with Crippen molar-refractivity contribution in [3.05, 3.63) is 0 Å². The van der Waals surface area contributed by atoms with Gasteiger partial charge in [0, 0.05) is 12.7 Å². The summed E-state index contributed by atoms with van der Waals surface area (Å²) in [7, 11) is -1.79. The molecule has 4 saturated carbocycles. The molecule has 0 aromatic heterocycles. The number of aliphatic hydroxyl groups excluding tert-OH is 2. The third-order valence-electron chi connectivity index (χ3n) is 13.2. The molecule has 0 spiro atoms. The van der Waals surface area contributed by atoms with Gasteiger partial charge in [-0.2, -0.15) is 0 Å². The summed E-state index contributed by atoms with van der Waals surface area (Å²) < 4.78 is 7.00. The minimum Gasteiger partial charge on any atom is -0.414 e. The second kappa shape index (κ2) is 10.2. The van der Waals surface area contributed by atoms with E-state index in [1.54, 1.807) is 0 Å². The van der Waals surface area contributed by atoms with Crippen LogP contribution in [0.1, 0.15) is 113 Å². The zero-order valence-corrected chi connectivity index (χ0v) is 26.3. The molecule has 0 amide bonds. The van der Waals surface area contributed by atoms with E-state index >= 15 is 0 Å². The molecule has 0 radical (unpaired) electrons. The molecule has 1 unspecified atom stereocenters. The van der Waals surface area contributed by atoms with Crippen LogP contribution in [0.25, 0.3) is 0 Å². The molecule has 0 aromatic rings. The molecule has 0 bridgehead atoms. The molecule has 2 N–H and O–H groups in total. The number of hydrogen-bond donors (Lipinski definition) is 2. The van der Waals surface area contributed by atoms with E-state index in [0.717, 1.165) is 31.6 Å². The first-order chi connectivity index (χ1) is 16.7. The molecule has 0 saturated heterocycles. The van der Waals surface area contributed by atoms with Gasteiger partial charge in [-0.05, 0) is 128 Å². The Morgan fingerprint density at radius 1 is 0.972 bits per heavy atom. The fourth-order valence-electron chi connectivity index (χ4n) is 10.2. The van der Waals surface area contributed by atoms with Gasteiger partial charge < -0.3 is 14.6 Å². The average Bonchev–Trinajstić information content (AvgIpc) is 3.15. The Labute approximate surface area is 224 Å². The SMILES string of the molecule is CC[C@H]1[C@@H](O)[C@@H]2[C@H](CC[C@]3(C)[C@@H]([C@H](C)CCCO)CC[C@@H]23)[C@@]2(C)CCC(O[Si](C)(C)C(C)(C)C)C[C@@H]12. The van der Waals surface area contributed by atoms with E-state index in [2.05, 4.69) is 61.6 Å². The van der Waals surface area contributed by atoms with Gasteiger partial charge >= 0.3 is 0 Å². The molecule has 3 nitrogen and oxygen atoms in total. The van der Waals surface area contributed by atoms with Crippen LogP contribution in [0, 0.1) is 52.3 Å². The van der Waals surface area contributed by atoms with Crippen LogP contribution in [0.2, 0.25) is 18.1 Å². The monoisotopic (exact) mass is 520 g/mol. The lowest BCUT2D eigenvalue weighted by Crippen LogP contribution is -2.62. The normalized spacial score (nSPS) is 46.1. The van der Waals surface area contributed by atoms with Crippen molar-refractivity contribution in [2.45, 2.75) is 143 Å². The Balaban J connectivity index is 1.57. The van der Waals surface area contributed by atoms with Crippen molar-refractivity contribution in [3.8, 4) is 0 Å². The molecule has 0 aliphatic heterocycles. The quantitative estimate of drug-likeness (QED) is 0.334. The Hall–Kier alpha value is 0.0969. The number of aliphatic hydroxyl groups is 2. The summed E-state index contributed by atoms with van der Waals surface area (Å²) in [5.74, 6) is 4.24. The topological polar surface area (TPSA) is 49.7 Å². The molecule has 0 aromatic carbocycles. The molecular weight excluding hydrogens is 460 g/mol. The highest BCUT2D eigenvalue weighted by Gasteiger charge is 2.65. The van der Waals surface area contributed by atoms with Gasteiger partial charge in [0.2, 0.25) is 0 Å². The van der Waals surface area contributed by atoms with Crippen molar-refractivity contribution in [1.82, 2.24) is 0 Å². The molecule has 4 heteroatoms. The van der Waals surface area contributed by atoms with Crippen molar-refractivity contribution < 1.29 is 14.6 Å². The minimum atomic E-state index is -1.79. The minimum absolute atomic E-state index is 0.152. The molecule has 210 valence electrons. The van der Waals surface area contributed by atoms with Gasteiger partial charge in [0.25, 0.3) is 0 Å². The van der Waals surface area contributed by atoms with E-state index in [1.807, 2.05) is 0 Å². The lowest BCUT2D eigenvalue weighted by Gasteiger charge is -2.65. The first kappa shape index (κ1) is 29.1. The summed E-state index contributed by atoms with van der Waals surface area (Å²) in [5, 5.41) is 21.8. The summed E-state index contributed by atoms with van der Waals surface area (Å²) in [4.78, 5) is 0. The van der Waals surface area contributed by atoms with Crippen LogP contribution in [-0.4, -0.2) is 37.3 Å². The number of hydrogen-bond acceptors (Lipinski definition) is 3. The van der Waals surface area contributed by atoms with Crippen LogP contribution in [0.3, 0.4) is 0 Å². The summed E-state index contributed by atoms with van der Waals surface area (Å²) in [6, 6.07) is 0. The molecule has 4 fully saturated rings. The van der Waals surface area contributed by atoms with Gasteiger partial charge in [0.1, 0.15) is 0 Å². The molecular formula is C32H60O3Si. The Bertz CT molecular complexity index is 761. The Kier molecular flexibility index (Phi) is 8.28. The van der Waals surface area contributed by atoms with Gasteiger partial charge in [-0.15, -0.1) is 0 Å². The lowest BCUT2D eigenvalue weighted by molar-refractivity contribution is -0.202. The zero-order valence-electron chi connectivity index (χ0n) is 25.3. The standard InChI is InChI=1S/C32H60O3Si/c1-10-23-27-20-22(35-36(8,9)30(3,4)5)15-17-32(27,7)26-16-18-31(6)24(21(2)12-11-19-33)13-14-25(31)28(26)29(23)34/h21-29,33-34H,10-20H2,1-9H3/t21-,22?,23-,24-,25+,26+,27+,28+,29-,31-,32-/m1/s1. The fraction of sp³-hybridized carbons (Fsp3) is 1.00. The third kappa shape index (κ3) is 4.71. The van der Waals surface area contributed by atoms with E-state index in [0.29, 0.717) is 59.0 Å². The molecule has 11 atom stereocenters. The van der Waals surface area contributed by atoms with Crippen LogP contribution in [0.4, 0.5) is 0 Å². The van der Waals surface area contributed by atoms with Crippen molar-refractivity contribution in [3.63, 3.8) is 0 Å². The van der Waals surface area contributed by atoms with Crippen molar-refractivity contribution in [2.75, 3.05) is 6.61 Å². The Morgan fingerprint density at radius 3 is 2.22 bits per heavy atom. The summed E-state index contributed by atoms with van der Waals surface area (Å²) in [5.41, 5.74) is 0.709. The van der Waals surface area contributed by atoms with Crippen molar-refractivity contribution >= 4 is 8.32 Å². The van der Waals surface area contributed by atoms with E-state index in [9.17, 15) is 10.2 Å². The van der Waals surface area contributed by atoms with E-state index in [1.165, 1.54) is 38.5 Å². The third-order valence-corrected chi connectivity index (χ3v) is 17.8. The average molecular weight is 521 g/mol. The van der Waals surface area contributed by atoms with Crippen LogP contribution in [0.15, 0.2) is 0 Å². The summed E-state index contributed by atoms with van der Waals surface area (Å²) >= 11 is 0. The maximum absolute atomic E-state index is 12.1. The predicted octanol–water partition coefficient (Wildman–Crippen LogP) is 8.05. The van der Waals surface area contributed by atoms with Crippen molar-refractivity contribution in [2.24, 2.45) is 52.3 Å². The molecule has 4 aliphatic carbocycles. The van der Waals surface area contributed by atoms with Gasteiger partial charge in [0.05, 0.1) is 6.10 Å². The molecule has 4 rings (SSSR count). The number of fused-ring (bicyclic) bond motifs is 5. The summed E-state index contributed by atoms with van der Waals surface area (Å²) in [6.07, 6.45) is 12.3. The van der Waals surface area contributed by atoms with E-state index in [4.69, 9.17) is 4.43 Å². The largest absolute Gasteiger partial charge is 0.414 e. The van der Waals surface area contributed by atoms with Gasteiger partial charge in [-0.1, -0.05) is 54.9 Å². The maximum atomic E-state index is 12.1. The Morgan fingerprint density at radius 2 is 1.61 bits per heavy atom. The van der Waals surface area contributed by atoms with Crippen LogP contribution < -0.4 is 0 Å². The highest BCUT2D eigenvalue weighted by atomic mass is 28.4. The lowest BCUT2D eigenvalue weighted by atomic mass is 9.41. The van der Waals surface area contributed by atoms with Gasteiger partial charge in [0.15, 0.2) is 8.32 Å². The predicted molar refractivity (Wildman–Crippen MR) is 153 cm³/mol. The highest BCUT2D eigenvalue weighted by Crippen LogP contribution is 2.69. The second-order valence-corrected chi connectivity index (χ2v) is 20.6. The first-order valence-corrected chi connectivity index (χ1v) is 18.6. The molecule has 4 aliphatic rings. The first-order valence-electron chi connectivity index (χ1n) is 15.7. The molecule has 36 heavy (non-hydrogen) atoms. The molecule has 0 heterocycles. The van der Waals surface area contributed by atoms with E-state index < -0.39 is 8.32 Å². The summed E-state index contributed by atoms with van der Waals surface area (Å²) in [6.45, 7) is 22.2.